The van der Waals surface area contributed by atoms with E-state index in [-0.39, 0.29) is 23.5 Å². The first-order valence-electron chi connectivity index (χ1n) is 10.0. The van der Waals surface area contributed by atoms with E-state index in [1.54, 1.807) is 33.9 Å². The molecule has 1 aliphatic rings. The lowest BCUT2D eigenvalue weighted by Crippen LogP contribution is -2.53. The third-order valence-electron chi connectivity index (χ3n) is 5.59. The lowest BCUT2D eigenvalue weighted by Gasteiger charge is -2.43. The van der Waals surface area contributed by atoms with Crippen molar-refractivity contribution >= 4 is 33.5 Å². The molecule has 0 aliphatic carbocycles. The van der Waals surface area contributed by atoms with Crippen molar-refractivity contribution in [3.63, 3.8) is 0 Å². The summed E-state index contributed by atoms with van der Waals surface area (Å²) in [7, 11) is -0.825. The van der Waals surface area contributed by atoms with Crippen molar-refractivity contribution in [2.24, 2.45) is 12.8 Å². The van der Waals surface area contributed by atoms with Gasteiger partial charge in [-0.1, -0.05) is 0 Å². The van der Waals surface area contributed by atoms with Gasteiger partial charge in [-0.2, -0.15) is 20.8 Å². The molecule has 0 bridgehead atoms. The van der Waals surface area contributed by atoms with E-state index < -0.39 is 16.6 Å². The second-order valence-corrected chi connectivity index (χ2v) is 11.2. The third kappa shape index (κ3) is 4.02. The Labute approximate surface area is 189 Å². The highest BCUT2D eigenvalue weighted by Crippen LogP contribution is 2.43. The third-order valence-corrected chi connectivity index (χ3v) is 8.30. The molecule has 1 saturated heterocycles. The van der Waals surface area contributed by atoms with Gasteiger partial charge in [0.15, 0.2) is 5.65 Å². The molecule has 0 saturated carbocycles. The van der Waals surface area contributed by atoms with E-state index in [4.69, 9.17) is 5.73 Å². The number of carbonyl (C=O) groups is 1. The number of nitrogens with zero attached hydrogens (tertiary/aromatic N) is 5. The molecule has 0 aromatic carbocycles. The van der Waals surface area contributed by atoms with Gasteiger partial charge in [-0.15, -0.1) is 11.3 Å². The summed E-state index contributed by atoms with van der Waals surface area (Å²) in [5.74, 6) is 0.102. The fraction of sp³-hybridized carbons (Fsp3) is 0.300. The predicted octanol–water partition coefficient (Wildman–Crippen LogP) is 2.44. The van der Waals surface area contributed by atoms with Crippen LogP contribution in [0.2, 0.25) is 0 Å². The van der Waals surface area contributed by atoms with Crippen LogP contribution in [-0.2, 0) is 7.05 Å². The molecule has 1 fully saturated rings. The number of thiophene rings is 1. The Morgan fingerprint density at radius 3 is 2.81 bits per heavy atom. The fourth-order valence-corrected chi connectivity index (χ4v) is 6.33. The average Bonchev–Trinajstić information content (AvgIpc) is 3.49. The molecule has 4 aromatic rings. The molecule has 32 heavy (non-hydrogen) atoms. The van der Waals surface area contributed by atoms with Gasteiger partial charge in [0.1, 0.15) is 0 Å². The van der Waals surface area contributed by atoms with Gasteiger partial charge in [0.05, 0.1) is 29.1 Å². The number of hydrogen-bond acceptors (Lipinski definition) is 8. The molecule has 2 atom stereocenters. The molecule has 168 valence electrons. The van der Waals surface area contributed by atoms with Crippen LogP contribution in [0.3, 0.4) is 0 Å². The highest BCUT2D eigenvalue weighted by molar-refractivity contribution is 8.24. The Morgan fingerprint density at radius 1 is 1.22 bits per heavy atom. The Hall–Kier alpha value is -2.77. The molecule has 12 heteroatoms. The van der Waals surface area contributed by atoms with Gasteiger partial charge in [0.25, 0.3) is 5.91 Å². The molecule has 4 aromatic heterocycles. The molecule has 5 rings (SSSR count). The Bertz CT molecular complexity index is 1300. The van der Waals surface area contributed by atoms with E-state index in [2.05, 4.69) is 20.5 Å². The predicted molar refractivity (Wildman–Crippen MR) is 125 cm³/mol. The molecule has 0 unspecified atom stereocenters. The van der Waals surface area contributed by atoms with Crippen molar-refractivity contribution in [2.45, 2.75) is 18.5 Å². The van der Waals surface area contributed by atoms with E-state index in [0.29, 0.717) is 16.9 Å². The number of aryl methyl sites for hydroxylation is 1. The van der Waals surface area contributed by atoms with Gasteiger partial charge >= 0.3 is 0 Å². The first-order valence-corrected chi connectivity index (χ1v) is 12.8. The summed E-state index contributed by atoms with van der Waals surface area (Å²) in [6.07, 6.45) is 9.55. The summed E-state index contributed by atoms with van der Waals surface area (Å²) in [6, 6.07) is 1.03. The average molecular weight is 474 g/mol. The maximum atomic E-state index is 12.8. The summed E-state index contributed by atoms with van der Waals surface area (Å²) in [4.78, 5) is 17.9. The normalized spacial score (nSPS) is 21.5. The van der Waals surface area contributed by atoms with Crippen molar-refractivity contribution < 1.29 is 13.9 Å². The summed E-state index contributed by atoms with van der Waals surface area (Å²) in [6.45, 7) is 0. The second-order valence-electron chi connectivity index (χ2n) is 7.98. The van der Waals surface area contributed by atoms with E-state index in [1.165, 1.54) is 11.3 Å². The summed E-state index contributed by atoms with van der Waals surface area (Å²) < 4.78 is 23.4. The van der Waals surface area contributed by atoms with Gasteiger partial charge in [-0.05, 0) is 23.4 Å². The number of rotatable bonds is 4. The summed E-state index contributed by atoms with van der Waals surface area (Å²) in [5.41, 5.74) is 10.3. The van der Waals surface area contributed by atoms with Crippen LogP contribution in [0.25, 0.3) is 27.9 Å². The quantitative estimate of drug-likeness (QED) is 0.356. The molecule has 5 N–H and O–H groups in total. The van der Waals surface area contributed by atoms with Gasteiger partial charge in [-0.3, -0.25) is 18.6 Å². The minimum absolute atomic E-state index is 0.0926. The van der Waals surface area contributed by atoms with Crippen LogP contribution in [-0.4, -0.2) is 63.0 Å². The molecular formula is C20H23N7O3S2. The number of fused-ring (bicyclic) bond motifs is 1. The van der Waals surface area contributed by atoms with Gasteiger partial charge in [-0.25, -0.2) is 9.50 Å². The van der Waals surface area contributed by atoms with E-state index in [1.807, 2.05) is 24.8 Å². The number of carbonyl (C=O) groups excluding carboxylic acids is 1. The highest BCUT2D eigenvalue weighted by atomic mass is 32.3. The van der Waals surface area contributed by atoms with Crippen molar-refractivity contribution in [1.29, 1.82) is 0 Å². The van der Waals surface area contributed by atoms with Crippen molar-refractivity contribution in [3.05, 3.63) is 47.3 Å². The van der Waals surface area contributed by atoms with Crippen LogP contribution in [0.5, 0.6) is 0 Å². The standard InChI is InChI=1S/C20H23N7O3S2/c1-26-8-14(6-23-26)13-5-22-19-15(7-24-27(19)9-13)12-4-18(31-10-12)20(28)25-17-11-32(29,30)3-2-16(17)21/h4-10,16-17,29-30H,2-3,11,21H2,1H3,(H,25,28)/t16-,17+/m1/s1. The number of nitrogens with two attached hydrogens (primary N) is 1. The lowest BCUT2D eigenvalue weighted by molar-refractivity contribution is 0.0938. The molecule has 0 spiro atoms. The fourth-order valence-electron chi connectivity index (χ4n) is 3.80. The van der Waals surface area contributed by atoms with Crippen LogP contribution in [0.1, 0.15) is 16.1 Å². The van der Waals surface area contributed by atoms with Gasteiger partial charge < -0.3 is 11.1 Å². The number of amides is 1. The van der Waals surface area contributed by atoms with Crippen LogP contribution in [0.4, 0.5) is 0 Å². The van der Waals surface area contributed by atoms with Crippen LogP contribution >= 0.6 is 21.9 Å². The van der Waals surface area contributed by atoms with Crippen molar-refractivity contribution in [1.82, 2.24) is 29.7 Å². The SMILES string of the molecule is Cn1cc(-c2cnc3c(-c4csc(C(=O)N[C@H]5CS(O)(O)CC[C@H]5N)c4)cnn3c2)cn1. The first kappa shape index (κ1) is 21.1. The van der Waals surface area contributed by atoms with Gasteiger partial charge in [0.2, 0.25) is 0 Å². The lowest BCUT2D eigenvalue weighted by atomic mass is 10.1. The molecule has 5 heterocycles. The summed E-state index contributed by atoms with van der Waals surface area (Å²) >= 11 is 1.31. The molecule has 1 aliphatic heterocycles. The smallest absolute Gasteiger partial charge is 0.261 e. The number of nitrogens with one attached hydrogen (secondary N) is 1. The van der Waals surface area contributed by atoms with Crippen LogP contribution in [0.15, 0.2) is 42.4 Å². The van der Waals surface area contributed by atoms with Gasteiger partial charge in [0, 0.05) is 54.1 Å². The van der Waals surface area contributed by atoms with E-state index in [9.17, 15) is 13.9 Å². The molecule has 1 amide bonds. The number of hydrogen-bond donors (Lipinski definition) is 4. The minimum atomic E-state index is -2.69. The highest BCUT2D eigenvalue weighted by Gasteiger charge is 2.32. The van der Waals surface area contributed by atoms with Crippen molar-refractivity contribution in [3.8, 4) is 22.3 Å². The largest absolute Gasteiger partial charge is 0.345 e. The molecular weight excluding hydrogens is 450 g/mol. The zero-order valence-electron chi connectivity index (χ0n) is 17.3. The second kappa shape index (κ2) is 7.98. The zero-order chi connectivity index (χ0) is 22.5. The van der Waals surface area contributed by atoms with Crippen LogP contribution < -0.4 is 11.1 Å². The Balaban J connectivity index is 1.36. The van der Waals surface area contributed by atoms with E-state index >= 15 is 0 Å². The maximum absolute atomic E-state index is 12.8. The van der Waals surface area contributed by atoms with Crippen LogP contribution in [0, 0.1) is 0 Å². The van der Waals surface area contributed by atoms with E-state index in [0.717, 1.165) is 22.3 Å². The molecule has 10 nitrogen and oxygen atoms in total. The Morgan fingerprint density at radius 2 is 2.03 bits per heavy atom. The molecule has 0 radical (unpaired) electrons. The van der Waals surface area contributed by atoms with Crippen molar-refractivity contribution in [2.75, 3.05) is 11.5 Å². The monoisotopic (exact) mass is 473 g/mol. The zero-order valence-corrected chi connectivity index (χ0v) is 18.9. The maximum Gasteiger partial charge on any atom is 0.261 e. The number of aromatic nitrogens is 5. The minimum Gasteiger partial charge on any atom is -0.345 e. The first-order chi connectivity index (χ1) is 15.3. The topological polar surface area (TPSA) is 144 Å². The Kier molecular flexibility index (Phi) is 5.26. The summed E-state index contributed by atoms with van der Waals surface area (Å²) in [5, 5.41) is 13.4.